The summed E-state index contributed by atoms with van der Waals surface area (Å²) < 4.78 is 11.0. The van der Waals surface area contributed by atoms with Gasteiger partial charge in [0.15, 0.2) is 0 Å². The fourth-order valence-electron chi connectivity index (χ4n) is 4.42. The minimum atomic E-state index is -0.654. The average molecular weight is 478 g/mol. The van der Waals surface area contributed by atoms with Crippen LogP contribution in [-0.2, 0) is 14.9 Å². The van der Waals surface area contributed by atoms with E-state index in [2.05, 4.69) is 15.6 Å². The van der Waals surface area contributed by atoms with Crippen molar-refractivity contribution in [3.05, 3.63) is 51.6 Å². The van der Waals surface area contributed by atoms with Crippen molar-refractivity contribution in [3.63, 3.8) is 0 Å². The summed E-state index contributed by atoms with van der Waals surface area (Å²) in [5.41, 5.74) is 1.55. The van der Waals surface area contributed by atoms with Gasteiger partial charge in [0.05, 0.1) is 10.4 Å². The van der Waals surface area contributed by atoms with Gasteiger partial charge >= 0.3 is 0 Å². The summed E-state index contributed by atoms with van der Waals surface area (Å²) in [4.78, 5) is 29.7. The van der Waals surface area contributed by atoms with Gasteiger partial charge in [0.25, 0.3) is 5.91 Å². The third kappa shape index (κ3) is 4.56. The standard InChI is InChI=1S/C23H25Cl2N3O4/c1-31-10-2-9-26-20(29)14-3-4-19-17(11-14)23(22(30)28-19)7-5-16(6-8-23)32-21-18(25)12-15(24)13-27-21/h3-4,11-13,16H,2,5-10H2,1H3,(H,26,29)(H,28,30). The fraction of sp³-hybridized carbons (Fsp3) is 0.435. The molecule has 2 aliphatic rings. The number of carbonyl (C=O) groups excluding carboxylic acids is 2. The zero-order valence-electron chi connectivity index (χ0n) is 17.7. The van der Waals surface area contributed by atoms with Gasteiger partial charge in [0.2, 0.25) is 11.8 Å². The lowest BCUT2D eigenvalue weighted by Crippen LogP contribution is -2.41. The van der Waals surface area contributed by atoms with Gasteiger partial charge in [-0.2, -0.15) is 0 Å². The Labute approximate surface area is 196 Å². The first-order valence-electron chi connectivity index (χ1n) is 10.6. The molecule has 9 heteroatoms. The molecule has 7 nitrogen and oxygen atoms in total. The number of ether oxygens (including phenoxy) is 2. The third-order valence-electron chi connectivity index (χ3n) is 6.13. The first-order chi connectivity index (χ1) is 15.4. The first-order valence-corrected chi connectivity index (χ1v) is 11.4. The lowest BCUT2D eigenvalue weighted by molar-refractivity contribution is -0.122. The number of halogens is 2. The van der Waals surface area contributed by atoms with Crippen molar-refractivity contribution in [2.75, 3.05) is 25.6 Å². The second-order valence-corrected chi connectivity index (χ2v) is 9.00. The number of hydrogen-bond acceptors (Lipinski definition) is 5. The van der Waals surface area contributed by atoms with E-state index in [9.17, 15) is 9.59 Å². The van der Waals surface area contributed by atoms with Crippen LogP contribution in [0.2, 0.25) is 10.0 Å². The topological polar surface area (TPSA) is 89.6 Å². The molecule has 2 heterocycles. The van der Waals surface area contributed by atoms with Crippen molar-refractivity contribution in [1.82, 2.24) is 10.3 Å². The van der Waals surface area contributed by atoms with Crippen LogP contribution in [0, 0.1) is 0 Å². The zero-order valence-corrected chi connectivity index (χ0v) is 19.3. The Morgan fingerprint density at radius 2 is 2.06 bits per heavy atom. The maximum atomic E-state index is 13.0. The summed E-state index contributed by atoms with van der Waals surface area (Å²) in [6.45, 7) is 1.12. The fourth-order valence-corrected chi connectivity index (χ4v) is 4.84. The van der Waals surface area contributed by atoms with Gasteiger partial charge in [-0.05, 0) is 61.9 Å². The molecule has 2 amide bonds. The van der Waals surface area contributed by atoms with E-state index in [1.54, 1.807) is 19.2 Å². The molecule has 0 saturated heterocycles. The molecule has 1 saturated carbocycles. The highest BCUT2D eigenvalue weighted by Crippen LogP contribution is 2.48. The van der Waals surface area contributed by atoms with Crippen LogP contribution < -0.4 is 15.4 Å². The number of nitrogens with one attached hydrogen (secondary N) is 2. The Bertz CT molecular complexity index is 1020. The Hall–Kier alpha value is -2.35. The van der Waals surface area contributed by atoms with Gasteiger partial charge in [0, 0.05) is 37.7 Å². The summed E-state index contributed by atoms with van der Waals surface area (Å²) in [6, 6.07) is 6.99. The number of aromatic nitrogens is 1. The lowest BCUT2D eigenvalue weighted by atomic mass is 9.69. The number of fused-ring (bicyclic) bond motifs is 2. The largest absolute Gasteiger partial charge is 0.473 e. The normalized spacial score (nSPS) is 21.8. The summed E-state index contributed by atoms with van der Waals surface area (Å²) in [5, 5.41) is 6.70. The lowest BCUT2D eigenvalue weighted by Gasteiger charge is -2.35. The molecule has 0 unspecified atom stereocenters. The van der Waals surface area contributed by atoms with Crippen LogP contribution in [0.25, 0.3) is 0 Å². The van der Waals surface area contributed by atoms with E-state index in [1.165, 1.54) is 6.20 Å². The van der Waals surface area contributed by atoms with Crippen molar-refractivity contribution in [1.29, 1.82) is 0 Å². The number of anilines is 1. The molecule has 0 atom stereocenters. The van der Waals surface area contributed by atoms with Crippen LogP contribution in [0.3, 0.4) is 0 Å². The van der Waals surface area contributed by atoms with Gasteiger partial charge in [-0.1, -0.05) is 23.2 Å². The molecule has 32 heavy (non-hydrogen) atoms. The molecule has 1 aliphatic carbocycles. The van der Waals surface area contributed by atoms with Crippen molar-refractivity contribution in [2.45, 2.75) is 43.6 Å². The van der Waals surface area contributed by atoms with E-state index in [0.29, 0.717) is 60.3 Å². The van der Waals surface area contributed by atoms with Crippen molar-refractivity contribution in [3.8, 4) is 5.88 Å². The van der Waals surface area contributed by atoms with Crippen LogP contribution >= 0.6 is 23.2 Å². The maximum Gasteiger partial charge on any atom is 0.251 e. The number of methoxy groups -OCH3 is 1. The van der Waals surface area contributed by atoms with Gasteiger partial charge in [-0.3, -0.25) is 9.59 Å². The van der Waals surface area contributed by atoms with Gasteiger partial charge < -0.3 is 20.1 Å². The second-order valence-electron chi connectivity index (χ2n) is 8.16. The monoisotopic (exact) mass is 477 g/mol. The third-order valence-corrected chi connectivity index (χ3v) is 6.61. The number of amides is 2. The van der Waals surface area contributed by atoms with Crippen molar-refractivity contribution in [2.24, 2.45) is 0 Å². The van der Waals surface area contributed by atoms with Crippen LogP contribution in [0.5, 0.6) is 5.88 Å². The van der Waals surface area contributed by atoms with Gasteiger partial charge in [0.1, 0.15) is 11.1 Å². The Morgan fingerprint density at radius 3 is 2.78 bits per heavy atom. The molecule has 0 bridgehead atoms. The van der Waals surface area contributed by atoms with Crippen LogP contribution in [0.1, 0.15) is 48.0 Å². The highest BCUT2D eigenvalue weighted by Gasteiger charge is 2.49. The molecule has 170 valence electrons. The molecular weight excluding hydrogens is 453 g/mol. The van der Waals surface area contributed by atoms with E-state index in [4.69, 9.17) is 32.7 Å². The van der Waals surface area contributed by atoms with E-state index in [1.807, 2.05) is 12.1 Å². The quantitative estimate of drug-likeness (QED) is 0.577. The smallest absolute Gasteiger partial charge is 0.251 e. The molecular formula is C23H25Cl2N3O4. The molecule has 2 N–H and O–H groups in total. The summed E-state index contributed by atoms with van der Waals surface area (Å²) in [6.07, 6.45) is 4.69. The van der Waals surface area contributed by atoms with Crippen molar-refractivity contribution >= 4 is 40.7 Å². The number of hydrogen-bond donors (Lipinski definition) is 2. The number of pyridine rings is 1. The highest BCUT2D eigenvalue weighted by molar-refractivity contribution is 6.35. The molecule has 1 spiro atoms. The molecule has 2 aromatic rings. The van der Waals surface area contributed by atoms with Crippen LogP contribution in [-0.4, -0.2) is 43.2 Å². The summed E-state index contributed by atoms with van der Waals surface area (Å²) in [7, 11) is 1.63. The van der Waals surface area contributed by atoms with E-state index < -0.39 is 5.41 Å². The predicted octanol–water partition coefficient (Wildman–Crippen LogP) is 4.37. The van der Waals surface area contributed by atoms with Gasteiger partial charge in [-0.25, -0.2) is 4.98 Å². The van der Waals surface area contributed by atoms with E-state index >= 15 is 0 Å². The highest BCUT2D eigenvalue weighted by atomic mass is 35.5. The summed E-state index contributed by atoms with van der Waals surface area (Å²) in [5.74, 6) is 0.172. The van der Waals surface area contributed by atoms with Gasteiger partial charge in [-0.15, -0.1) is 0 Å². The molecule has 4 rings (SSSR count). The average Bonchev–Trinajstić information content (AvgIpc) is 3.05. The molecule has 0 radical (unpaired) electrons. The van der Waals surface area contributed by atoms with E-state index in [-0.39, 0.29) is 17.9 Å². The SMILES string of the molecule is COCCCNC(=O)c1ccc2c(c1)C1(CCC(Oc3ncc(Cl)cc3Cl)CC1)C(=O)N2. The van der Waals surface area contributed by atoms with Crippen LogP contribution in [0.4, 0.5) is 5.69 Å². The van der Waals surface area contributed by atoms with Crippen LogP contribution in [0.15, 0.2) is 30.5 Å². The van der Waals surface area contributed by atoms with E-state index in [0.717, 1.165) is 17.7 Å². The Morgan fingerprint density at radius 1 is 1.28 bits per heavy atom. The minimum Gasteiger partial charge on any atom is -0.473 e. The second kappa shape index (κ2) is 9.65. The maximum absolute atomic E-state index is 13.0. The number of rotatable bonds is 7. The van der Waals surface area contributed by atoms with Crippen molar-refractivity contribution < 1.29 is 19.1 Å². The predicted molar refractivity (Wildman–Crippen MR) is 123 cm³/mol. The number of carbonyl (C=O) groups is 2. The first kappa shape index (κ1) is 22.8. The molecule has 1 fully saturated rings. The number of nitrogens with zero attached hydrogens (tertiary/aromatic N) is 1. The molecule has 1 aromatic heterocycles. The Kier molecular flexibility index (Phi) is 6.88. The zero-order chi connectivity index (χ0) is 22.7. The Balaban J connectivity index is 1.46. The molecule has 1 aliphatic heterocycles. The minimum absolute atomic E-state index is 0.0220. The summed E-state index contributed by atoms with van der Waals surface area (Å²) >= 11 is 12.1. The number of benzene rings is 1. The molecule has 1 aromatic carbocycles.